The molecule has 8 rings (SSSR count). The van der Waals surface area contributed by atoms with Gasteiger partial charge < -0.3 is 9.47 Å². The average Bonchev–Trinajstić information content (AvgIpc) is 3.28. The Labute approximate surface area is 255 Å². The Morgan fingerprint density at radius 2 is 1.42 bits per heavy atom. The quantitative estimate of drug-likeness (QED) is 0.104. The fraction of sp³-hybridized carbons (Fsp3) is 0.182. The zero-order valence-electron chi connectivity index (χ0n) is 22.8. The van der Waals surface area contributed by atoms with Gasteiger partial charge in [0.05, 0.1) is 34.6 Å². The van der Waals surface area contributed by atoms with Crippen LogP contribution in [0.5, 0.6) is 11.5 Å². The molecule has 0 saturated carbocycles. The number of nitro groups is 1. The third-order valence-corrected chi connectivity index (χ3v) is 9.12. The monoisotopic (exact) mass is 637 g/mol. The average molecular weight is 638 g/mol. The van der Waals surface area contributed by atoms with E-state index in [2.05, 4.69) is 45.3 Å². The lowest BCUT2D eigenvalue weighted by Gasteiger charge is -2.45. The minimum Gasteiger partial charge on any atom is -0.493 e. The van der Waals surface area contributed by atoms with E-state index < -0.39 is 16.8 Å². The standard InChI is InChI=1S/C33H24BrN3O6/c1-42-26-15-19(14-25(34)31(26)43-17-18-10-12-20(13-11-18)37(40)41)16-35-36-32(38)29-27-21-6-2-3-7-22(21)28(30(29)33(36)39)24-9-5-4-8-23(24)27/h2-16,27-30H,17H2,1H3/b35-16+. The van der Waals surface area contributed by atoms with E-state index >= 15 is 0 Å². The summed E-state index contributed by atoms with van der Waals surface area (Å²) in [5.74, 6) is -1.13. The molecule has 10 heteroatoms. The molecular weight excluding hydrogens is 614 g/mol. The van der Waals surface area contributed by atoms with E-state index in [1.165, 1.54) is 25.5 Å². The molecule has 0 aromatic heterocycles. The van der Waals surface area contributed by atoms with Crippen LogP contribution in [0.3, 0.4) is 0 Å². The number of carbonyl (C=O) groups excluding carboxylic acids is 2. The molecule has 2 bridgehead atoms. The van der Waals surface area contributed by atoms with E-state index in [0.717, 1.165) is 32.8 Å². The van der Waals surface area contributed by atoms with Crippen LogP contribution < -0.4 is 9.47 Å². The molecule has 0 radical (unpaired) electrons. The van der Waals surface area contributed by atoms with Crippen LogP contribution in [0.4, 0.5) is 5.69 Å². The summed E-state index contributed by atoms with van der Waals surface area (Å²) in [4.78, 5) is 38.1. The molecule has 1 heterocycles. The lowest BCUT2D eigenvalue weighted by Crippen LogP contribution is -2.41. The van der Waals surface area contributed by atoms with Gasteiger partial charge in [-0.15, -0.1) is 0 Å². The number of amides is 2. The third-order valence-electron chi connectivity index (χ3n) is 8.53. The second-order valence-electron chi connectivity index (χ2n) is 10.7. The summed E-state index contributed by atoms with van der Waals surface area (Å²) in [6.07, 6.45) is 1.47. The molecule has 2 atom stereocenters. The van der Waals surface area contributed by atoms with E-state index in [1.807, 2.05) is 24.3 Å². The molecule has 2 amide bonds. The Morgan fingerprint density at radius 3 is 1.91 bits per heavy atom. The van der Waals surface area contributed by atoms with E-state index in [0.29, 0.717) is 21.5 Å². The van der Waals surface area contributed by atoms with Crippen LogP contribution >= 0.6 is 15.9 Å². The number of hydrogen-bond acceptors (Lipinski definition) is 7. The van der Waals surface area contributed by atoms with Crippen LogP contribution in [0.2, 0.25) is 0 Å². The lowest BCUT2D eigenvalue weighted by atomic mass is 9.55. The highest BCUT2D eigenvalue weighted by molar-refractivity contribution is 9.10. The number of rotatable bonds is 7. The number of hydrazone groups is 1. The van der Waals surface area contributed by atoms with Crippen LogP contribution in [0, 0.1) is 22.0 Å². The topological polar surface area (TPSA) is 111 Å². The molecule has 214 valence electrons. The van der Waals surface area contributed by atoms with Crippen molar-refractivity contribution in [3.05, 3.63) is 133 Å². The number of imide groups is 1. The SMILES string of the molecule is COc1cc(/C=N/N2C(=O)C3C4c5ccccc5C(c5ccccc54)C3C2=O)cc(Br)c1OCc1ccc([N+](=O)[O-])cc1. The minimum atomic E-state index is -0.504. The maximum Gasteiger partial charge on any atom is 0.269 e. The fourth-order valence-electron chi connectivity index (χ4n) is 6.72. The van der Waals surface area contributed by atoms with Gasteiger partial charge in [-0.05, 0) is 73.6 Å². The number of nitro benzene ring substituents is 1. The van der Waals surface area contributed by atoms with Crippen LogP contribution in [-0.2, 0) is 16.2 Å². The van der Waals surface area contributed by atoms with Crippen molar-refractivity contribution in [1.82, 2.24) is 5.01 Å². The Balaban J connectivity index is 1.14. The molecule has 1 fully saturated rings. The predicted octanol–water partition coefficient (Wildman–Crippen LogP) is 6.17. The van der Waals surface area contributed by atoms with Crippen LogP contribution in [0.25, 0.3) is 0 Å². The van der Waals surface area contributed by atoms with E-state index in [1.54, 1.807) is 24.3 Å². The molecule has 0 spiro atoms. The summed E-state index contributed by atoms with van der Waals surface area (Å²) in [7, 11) is 1.50. The van der Waals surface area contributed by atoms with Gasteiger partial charge in [0, 0.05) is 24.0 Å². The van der Waals surface area contributed by atoms with Crippen molar-refractivity contribution in [3.8, 4) is 11.5 Å². The highest BCUT2D eigenvalue weighted by Gasteiger charge is 2.61. The van der Waals surface area contributed by atoms with E-state index in [-0.39, 0.29) is 35.9 Å². The van der Waals surface area contributed by atoms with Gasteiger partial charge in [-0.25, -0.2) is 0 Å². The number of nitrogens with zero attached hydrogens (tertiary/aromatic N) is 3. The van der Waals surface area contributed by atoms with Gasteiger partial charge in [0.1, 0.15) is 6.61 Å². The Bertz CT molecular complexity index is 1720. The fourth-order valence-corrected chi connectivity index (χ4v) is 7.30. The molecule has 3 aliphatic carbocycles. The van der Waals surface area contributed by atoms with Crippen molar-refractivity contribution < 1.29 is 24.0 Å². The lowest BCUT2D eigenvalue weighted by molar-refractivity contribution is -0.384. The molecule has 4 aromatic carbocycles. The van der Waals surface area contributed by atoms with Crippen molar-refractivity contribution in [2.45, 2.75) is 18.4 Å². The molecule has 4 aliphatic rings. The van der Waals surface area contributed by atoms with Crippen LogP contribution in [0.15, 0.2) is 94.5 Å². The second-order valence-corrected chi connectivity index (χ2v) is 11.6. The van der Waals surface area contributed by atoms with Crippen molar-refractivity contribution in [2.24, 2.45) is 16.9 Å². The maximum absolute atomic E-state index is 13.8. The molecule has 4 aromatic rings. The normalized spacial score (nSPS) is 21.5. The summed E-state index contributed by atoms with van der Waals surface area (Å²) < 4.78 is 12.1. The zero-order chi connectivity index (χ0) is 29.8. The highest BCUT2D eigenvalue weighted by Crippen LogP contribution is 2.61. The van der Waals surface area contributed by atoms with Gasteiger partial charge in [0.15, 0.2) is 11.5 Å². The zero-order valence-corrected chi connectivity index (χ0v) is 24.4. The number of carbonyl (C=O) groups is 2. The number of methoxy groups -OCH3 is 1. The van der Waals surface area contributed by atoms with Gasteiger partial charge in [0.25, 0.3) is 17.5 Å². The van der Waals surface area contributed by atoms with Gasteiger partial charge in [0.2, 0.25) is 0 Å². The predicted molar refractivity (Wildman–Crippen MR) is 161 cm³/mol. The summed E-state index contributed by atoms with van der Waals surface area (Å²) in [5.41, 5.74) is 5.78. The first kappa shape index (κ1) is 27.0. The largest absolute Gasteiger partial charge is 0.493 e. The molecule has 1 aliphatic heterocycles. The highest BCUT2D eigenvalue weighted by atomic mass is 79.9. The van der Waals surface area contributed by atoms with Crippen molar-refractivity contribution >= 4 is 39.6 Å². The molecule has 9 nitrogen and oxygen atoms in total. The molecule has 1 saturated heterocycles. The summed E-state index contributed by atoms with van der Waals surface area (Å²) in [6.45, 7) is 0.160. The molecule has 0 N–H and O–H groups in total. The smallest absolute Gasteiger partial charge is 0.269 e. The first-order valence-electron chi connectivity index (χ1n) is 13.7. The summed E-state index contributed by atoms with van der Waals surface area (Å²) in [6, 6.07) is 25.8. The third kappa shape index (κ3) is 4.32. The van der Waals surface area contributed by atoms with Gasteiger partial charge in [-0.1, -0.05) is 48.5 Å². The number of halogens is 1. The Hall–Kier alpha value is -4.83. The van der Waals surface area contributed by atoms with Gasteiger partial charge in [-0.2, -0.15) is 10.1 Å². The number of non-ortho nitro benzene ring substituents is 1. The number of ether oxygens (including phenoxy) is 2. The summed E-state index contributed by atoms with van der Waals surface area (Å²) >= 11 is 3.52. The second kappa shape index (κ2) is 10.5. The van der Waals surface area contributed by atoms with E-state index in [4.69, 9.17) is 9.47 Å². The van der Waals surface area contributed by atoms with Crippen molar-refractivity contribution in [1.29, 1.82) is 0 Å². The van der Waals surface area contributed by atoms with Crippen molar-refractivity contribution in [3.63, 3.8) is 0 Å². The Morgan fingerprint density at radius 1 is 0.884 bits per heavy atom. The first-order chi connectivity index (χ1) is 20.9. The maximum atomic E-state index is 13.8. The molecule has 43 heavy (non-hydrogen) atoms. The van der Waals surface area contributed by atoms with Gasteiger partial charge in [-0.3, -0.25) is 19.7 Å². The molecule has 2 unspecified atom stereocenters. The van der Waals surface area contributed by atoms with Crippen LogP contribution in [-0.4, -0.2) is 35.1 Å². The van der Waals surface area contributed by atoms with Crippen molar-refractivity contribution in [2.75, 3.05) is 7.11 Å². The Kier molecular flexibility index (Phi) is 6.58. The first-order valence-corrected chi connectivity index (χ1v) is 14.5. The van der Waals surface area contributed by atoms with Gasteiger partial charge >= 0.3 is 0 Å². The van der Waals surface area contributed by atoms with Crippen LogP contribution in [0.1, 0.15) is 45.2 Å². The number of hydrogen-bond donors (Lipinski definition) is 0. The minimum absolute atomic E-state index is 0.00194. The number of benzene rings is 4. The molecular formula is C33H24BrN3O6. The summed E-state index contributed by atoms with van der Waals surface area (Å²) in [5, 5.41) is 16.4. The van der Waals surface area contributed by atoms with E-state index in [9.17, 15) is 19.7 Å².